The van der Waals surface area contributed by atoms with Crippen molar-refractivity contribution in [3.63, 3.8) is 0 Å². The third-order valence-corrected chi connectivity index (χ3v) is 3.57. The molecule has 0 saturated heterocycles. The van der Waals surface area contributed by atoms with Gasteiger partial charge in [-0.05, 0) is 31.0 Å². The van der Waals surface area contributed by atoms with Gasteiger partial charge in [0.2, 0.25) is 5.78 Å². The van der Waals surface area contributed by atoms with Crippen molar-refractivity contribution >= 4 is 5.78 Å². The lowest BCUT2D eigenvalue weighted by molar-refractivity contribution is -0.274. The number of hydrogen-bond acceptors (Lipinski definition) is 3. The minimum Gasteiger partial charge on any atom is -0.406 e. The van der Waals surface area contributed by atoms with E-state index in [0.29, 0.717) is 5.78 Å². The Morgan fingerprint density at radius 2 is 1.83 bits per heavy atom. The molecule has 0 aliphatic rings. The summed E-state index contributed by atoms with van der Waals surface area (Å²) in [6, 6.07) is 5.70. The van der Waals surface area contributed by atoms with Crippen LogP contribution in [0.15, 0.2) is 36.7 Å². The monoisotopic (exact) mass is 321 g/mol. The first kappa shape index (κ1) is 15.3. The second-order valence-electron chi connectivity index (χ2n) is 5.08. The average molecular weight is 321 g/mol. The van der Waals surface area contributed by atoms with Crippen LogP contribution in [0.4, 0.5) is 13.2 Å². The van der Waals surface area contributed by atoms with E-state index in [0.717, 1.165) is 28.9 Å². The number of hydrogen-bond donors (Lipinski definition) is 0. The van der Waals surface area contributed by atoms with Gasteiger partial charge in [0, 0.05) is 23.7 Å². The van der Waals surface area contributed by atoms with Crippen LogP contribution in [0, 0.1) is 6.92 Å². The van der Waals surface area contributed by atoms with Gasteiger partial charge in [0.25, 0.3) is 0 Å². The molecule has 0 unspecified atom stereocenters. The maximum atomic E-state index is 12.2. The van der Waals surface area contributed by atoms with Gasteiger partial charge >= 0.3 is 6.36 Å². The first-order valence-electron chi connectivity index (χ1n) is 7.07. The number of rotatable bonds is 3. The molecule has 4 nitrogen and oxygen atoms in total. The second kappa shape index (κ2) is 5.57. The highest BCUT2D eigenvalue weighted by Crippen LogP contribution is 2.26. The van der Waals surface area contributed by atoms with Gasteiger partial charge in [0.15, 0.2) is 0 Å². The molecule has 3 rings (SSSR count). The van der Waals surface area contributed by atoms with Crippen LogP contribution in [-0.2, 0) is 6.42 Å². The standard InChI is InChI=1S/C16H14F3N3O/c1-3-14-10(2)22-9-12(8-20-15(22)21-14)11-4-6-13(7-5-11)23-16(17,18)19/h4-9H,3H2,1-2H3. The Morgan fingerprint density at radius 3 is 2.43 bits per heavy atom. The van der Waals surface area contributed by atoms with E-state index in [2.05, 4.69) is 14.7 Å². The summed E-state index contributed by atoms with van der Waals surface area (Å²) in [6.45, 7) is 3.99. The molecule has 0 atom stereocenters. The summed E-state index contributed by atoms with van der Waals surface area (Å²) < 4.78 is 42.3. The summed E-state index contributed by atoms with van der Waals surface area (Å²) in [6.07, 6.45) is -0.343. The molecule has 0 fully saturated rings. The number of alkyl halides is 3. The van der Waals surface area contributed by atoms with Crippen LogP contribution < -0.4 is 4.74 Å². The van der Waals surface area contributed by atoms with Crippen LogP contribution in [-0.4, -0.2) is 20.7 Å². The highest BCUT2D eigenvalue weighted by molar-refractivity contribution is 5.63. The Morgan fingerprint density at radius 1 is 1.13 bits per heavy atom. The van der Waals surface area contributed by atoms with Crippen LogP contribution in [0.3, 0.4) is 0 Å². The van der Waals surface area contributed by atoms with Crippen LogP contribution in [0.25, 0.3) is 16.9 Å². The number of imidazole rings is 1. The minimum atomic E-state index is -4.69. The normalized spacial score (nSPS) is 11.9. The van der Waals surface area contributed by atoms with Crippen molar-refractivity contribution in [2.75, 3.05) is 0 Å². The van der Waals surface area contributed by atoms with Gasteiger partial charge in [0.1, 0.15) is 5.75 Å². The van der Waals surface area contributed by atoms with Crippen LogP contribution in [0.5, 0.6) is 5.75 Å². The lowest BCUT2D eigenvalue weighted by Gasteiger charge is -2.09. The zero-order chi connectivity index (χ0) is 16.6. The lowest BCUT2D eigenvalue weighted by Crippen LogP contribution is -2.16. The van der Waals surface area contributed by atoms with E-state index < -0.39 is 6.36 Å². The third kappa shape index (κ3) is 3.13. The SMILES string of the molecule is CCc1nc2ncc(-c3ccc(OC(F)(F)F)cc3)cn2c1C. The molecule has 0 bridgehead atoms. The predicted molar refractivity (Wildman–Crippen MR) is 79.2 cm³/mol. The molecule has 1 aromatic carbocycles. The molecule has 0 spiro atoms. The molecule has 23 heavy (non-hydrogen) atoms. The Kier molecular flexibility index (Phi) is 3.71. The molecule has 0 aliphatic heterocycles. The van der Waals surface area contributed by atoms with Gasteiger partial charge in [0.05, 0.1) is 5.69 Å². The van der Waals surface area contributed by atoms with E-state index >= 15 is 0 Å². The Bertz CT molecular complexity index is 838. The van der Waals surface area contributed by atoms with E-state index in [-0.39, 0.29) is 5.75 Å². The zero-order valence-electron chi connectivity index (χ0n) is 12.6. The first-order valence-corrected chi connectivity index (χ1v) is 7.07. The molecule has 0 N–H and O–H groups in total. The summed E-state index contributed by atoms with van der Waals surface area (Å²) in [4.78, 5) is 8.74. The molecule has 120 valence electrons. The van der Waals surface area contributed by atoms with Crippen molar-refractivity contribution in [2.45, 2.75) is 26.6 Å². The molecular formula is C16H14F3N3O. The van der Waals surface area contributed by atoms with Crippen molar-refractivity contribution in [3.8, 4) is 16.9 Å². The summed E-state index contributed by atoms with van der Waals surface area (Å²) in [5.74, 6) is 0.363. The third-order valence-electron chi connectivity index (χ3n) is 3.57. The van der Waals surface area contributed by atoms with Crippen molar-refractivity contribution in [1.29, 1.82) is 0 Å². The van der Waals surface area contributed by atoms with Crippen LogP contribution in [0.1, 0.15) is 18.3 Å². The molecule has 0 aliphatic carbocycles. The van der Waals surface area contributed by atoms with E-state index in [1.165, 1.54) is 12.1 Å². The summed E-state index contributed by atoms with van der Waals surface area (Å²) in [7, 11) is 0. The zero-order valence-corrected chi connectivity index (χ0v) is 12.6. The fraction of sp³-hybridized carbons (Fsp3) is 0.250. The van der Waals surface area contributed by atoms with E-state index in [1.807, 2.05) is 24.4 Å². The summed E-state index contributed by atoms with van der Waals surface area (Å²) in [5.41, 5.74) is 3.52. The number of nitrogens with zero attached hydrogens (tertiary/aromatic N) is 3. The van der Waals surface area contributed by atoms with Crippen molar-refractivity contribution in [3.05, 3.63) is 48.0 Å². The van der Waals surface area contributed by atoms with E-state index in [1.54, 1.807) is 18.3 Å². The highest BCUT2D eigenvalue weighted by Gasteiger charge is 2.30. The van der Waals surface area contributed by atoms with Gasteiger partial charge in [-0.25, -0.2) is 9.97 Å². The van der Waals surface area contributed by atoms with Crippen LogP contribution >= 0.6 is 0 Å². The van der Waals surface area contributed by atoms with Gasteiger partial charge in [-0.2, -0.15) is 0 Å². The Hall–Kier alpha value is -2.57. The molecule has 3 aromatic rings. The van der Waals surface area contributed by atoms with Crippen molar-refractivity contribution in [1.82, 2.24) is 14.4 Å². The predicted octanol–water partition coefficient (Wildman–Crippen LogP) is 4.17. The van der Waals surface area contributed by atoms with Crippen molar-refractivity contribution < 1.29 is 17.9 Å². The quantitative estimate of drug-likeness (QED) is 0.727. The maximum absolute atomic E-state index is 12.2. The molecule has 0 saturated carbocycles. The van der Waals surface area contributed by atoms with E-state index in [9.17, 15) is 13.2 Å². The largest absolute Gasteiger partial charge is 0.573 e. The Balaban J connectivity index is 1.95. The second-order valence-corrected chi connectivity index (χ2v) is 5.08. The molecule has 2 aromatic heterocycles. The number of benzene rings is 1. The number of fused-ring (bicyclic) bond motifs is 1. The van der Waals surface area contributed by atoms with E-state index in [4.69, 9.17) is 0 Å². The number of aryl methyl sites for hydroxylation is 2. The molecule has 0 amide bonds. The Labute approximate surface area is 130 Å². The fourth-order valence-electron chi connectivity index (χ4n) is 2.42. The maximum Gasteiger partial charge on any atom is 0.573 e. The molecular weight excluding hydrogens is 307 g/mol. The average Bonchev–Trinajstić information content (AvgIpc) is 2.82. The smallest absolute Gasteiger partial charge is 0.406 e. The van der Waals surface area contributed by atoms with Gasteiger partial charge < -0.3 is 4.74 Å². The highest BCUT2D eigenvalue weighted by atomic mass is 19.4. The van der Waals surface area contributed by atoms with Crippen LogP contribution in [0.2, 0.25) is 0 Å². The first-order chi connectivity index (χ1) is 10.9. The molecule has 2 heterocycles. The van der Waals surface area contributed by atoms with Gasteiger partial charge in [-0.15, -0.1) is 13.2 Å². The minimum absolute atomic E-state index is 0.248. The van der Waals surface area contributed by atoms with Crippen molar-refractivity contribution in [2.24, 2.45) is 0 Å². The lowest BCUT2D eigenvalue weighted by atomic mass is 10.1. The fourth-order valence-corrected chi connectivity index (χ4v) is 2.42. The van der Waals surface area contributed by atoms with Gasteiger partial charge in [-0.3, -0.25) is 4.40 Å². The molecule has 7 heteroatoms. The topological polar surface area (TPSA) is 39.4 Å². The van der Waals surface area contributed by atoms with Gasteiger partial charge in [-0.1, -0.05) is 19.1 Å². The number of aromatic nitrogens is 3. The summed E-state index contributed by atoms with van der Waals surface area (Å²) >= 11 is 0. The molecule has 0 radical (unpaired) electrons. The summed E-state index contributed by atoms with van der Waals surface area (Å²) in [5, 5.41) is 0. The number of halogens is 3. The number of ether oxygens (including phenoxy) is 1.